The Kier molecular flexibility index (Phi) is 3.70. The molecular weight excluding hydrogens is 349 g/mol. The molecule has 0 aromatic carbocycles. The quantitative estimate of drug-likeness (QED) is 0.780. The zero-order valence-electron chi connectivity index (χ0n) is 12.5. The number of hydrogen-bond acceptors (Lipinski definition) is 5. The van der Waals surface area contributed by atoms with Crippen LogP contribution in [0.15, 0.2) is 12.4 Å². The Bertz CT molecular complexity index is 760. The highest BCUT2D eigenvalue weighted by Gasteiger charge is 2.55. The molecule has 0 amide bonds. The van der Waals surface area contributed by atoms with Crippen molar-refractivity contribution in [2.45, 2.75) is 37.1 Å². The molecule has 3 heterocycles. The fourth-order valence-corrected chi connectivity index (χ4v) is 3.78. The van der Waals surface area contributed by atoms with E-state index in [0.29, 0.717) is 24.7 Å². The van der Waals surface area contributed by atoms with Crippen LogP contribution in [-0.4, -0.2) is 44.8 Å². The van der Waals surface area contributed by atoms with Crippen molar-refractivity contribution >= 4 is 17.2 Å². The first-order chi connectivity index (χ1) is 11.4. The molecular formula is C14H14ClF3N4O2. The van der Waals surface area contributed by atoms with Crippen LogP contribution in [0.5, 0.6) is 0 Å². The van der Waals surface area contributed by atoms with Crippen molar-refractivity contribution in [3.05, 3.63) is 23.4 Å². The van der Waals surface area contributed by atoms with Gasteiger partial charge in [-0.15, -0.1) is 10.2 Å². The van der Waals surface area contributed by atoms with Crippen LogP contribution < -0.4 is 0 Å². The van der Waals surface area contributed by atoms with E-state index in [2.05, 4.69) is 15.2 Å². The smallest absolute Gasteiger partial charge is 0.347 e. The van der Waals surface area contributed by atoms with E-state index in [1.54, 1.807) is 10.6 Å². The van der Waals surface area contributed by atoms with Crippen LogP contribution in [0.4, 0.5) is 13.2 Å². The summed E-state index contributed by atoms with van der Waals surface area (Å²) < 4.78 is 52.8. The molecule has 6 nitrogen and oxygen atoms in total. The minimum atomic E-state index is -4.27. The fraction of sp³-hybridized carbons (Fsp3) is 0.643. The van der Waals surface area contributed by atoms with Crippen LogP contribution in [0.25, 0.3) is 5.65 Å². The Hall–Kier alpha value is -1.45. The molecule has 2 fully saturated rings. The lowest BCUT2D eigenvalue weighted by Gasteiger charge is -2.41. The zero-order chi connectivity index (χ0) is 16.9. The summed E-state index contributed by atoms with van der Waals surface area (Å²) in [7, 11) is 0. The Labute approximate surface area is 139 Å². The highest BCUT2D eigenvalue weighted by atomic mass is 35.5. The third-order valence-electron chi connectivity index (χ3n) is 4.75. The van der Waals surface area contributed by atoms with Crippen molar-refractivity contribution in [1.29, 1.82) is 0 Å². The van der Waals surface area contributed by atoms with E-state index in [4.69, 9.17) is 21.1 Å². The Morgan fingerprint density at radius 3 is 2.71 bits per heavy atom. The normalized spacial score (nSPS) is 27.2. The number of alkyl halides is 3. The summed E-state index contributed by atoms with van der Waals surface area (Å²) in [6.45, 7) is 0.707. The maximum atomic E-state index is 13.3. The maximum Gasteiger partial charge on any atom is 0.391 e. The molecule has 10 heteroatoms. The number of hydrogen-bond donors (Lipinski definition) is 0. The molecule has 1 aliphatic heterocycles. The second-order valence-electron chi connectivity index (χ2n) is 6.04. The van der Waals surface area contributed by atoms with Crippen molar-refractivity contribution < 1.29 is 22.6 Å². The van der Waals surface area contributed by atoms with E-state index >= 15 is 0 Å². The van der Waals surface area contributed by atoms with Crippen molar-refractivity contribution in [2.24, 2.45) is 5.92 Å². The number of nitrogens with zero attached hydrogens (tertiary/aromatic N) is 4. The van der Waals surface area contributed by atoms with Gasteiger partial charge in [0.2, 0.25) is 0 Å². The molecule has 1 spiro atoms. The molecule has 2 aromatic heterocycles. The van der Waals surface area contributed by atoms with Gasteiger partial charge in [-0.3, -0.25) is 4.40 Å². The lowest BCUT2D eigenvalue weighted by atomic mass is 9.76. The molecule has 4 rings (SSSR count). The van der Waals surface area contributed by atoms with E-state index < -0.39 is 23.8 Å². The van der Waals surface area contributed by atoms with E-state index in [1.807, 2.05) is 0 Å². The van der Waals surface area contributed by atoms with Gasteiger partial charge in [0.25, 0.3) is 0 Å². The van der Waals surface area contributed by atoms with Crippen LogP contribution in [0.2, 0.25) is 5.15 Å². The van der Waals surface area contributed by atoms with Crippen LogP contribution in [-0.2, 0) is 9.47 Å². The van der Waals surface area contributed by atoms with Gasteiger partial charge in [-0.05, 0) is 12.8 Å². The lowest BCUT2D eigenvalue weighted by molar-refractivity contribution is -0.237. The van der Waals surface area contributed by atoms with Crippen LogP contribution >= 0.6 is 11.6 Å². The number of aromatic nitrogens is 4. The lowest BCUT2D eigenvalue weighted by Crippen LogP contribution is -2.46. The molecule has 0 N–H and O–H groups in total. The monoisotopic (exact) mass is 362 g/mol. The summed E-state index contributed by atoms with van der Waals surface area (Å²) in [5.41, 5.74) is 0.302. The standard InChI is InChI=1S/C14H14ClF3N4O2/c15-10-12-21-20-11(22(12)4-3-19-10)9-7-8(14(16,17)18)1-2-13(9)23-5-6-24-13/h3-4,8-9H,1-2,5-7H2. The summed E-state index contributed by atoms with van der Waals surface area (Å²) >= 11 is 5.98. The van der Waals surface area contributed by atoms with Gasteiger partial charge < -0.3 is 9.47 Å². The second-order valence-corrected chi connectivity index (χ2v) is 6.40. The first-order valence-corrected chi connectivity index (χ1v) is 7.98. The third kappa shape index (κ3) is 2.46. The second kappa shape index (κ2) is 5.53. The third-order valence-corrected chi connectivity index (χ3v) is 5.02. The first kappa shape index (κ1) is 16.0. The van der Waals surface area contributed by atoms with Crippen molar-refractivity contribution in [3.8, 4) is 0 Å². The average Bonchev–Trinajstić information content (AvgIpc) is 3.15. The summed E-state index contributed by atoms with van der Waals surface area (Å²) in [5.74, 6) is -2.84. The minimum Gasteiger partial charge on any atom is -0.347 e. The van der Waals surface area contributed by atoms with Gasteiger partial charge in [0.15, 0.2) is 16.6 Å². The van der Waals surface area contributed by atoms with Gasteiger partial charge in [0.05, 0.1) is 25.0 Å². The van der Waals surface area contributed by atoms with Gasteiger partial charge in [0, 0.05) is 18.8 Å². The van der Waals surface area contributed by atoms with Crippen LogP contribution in [0.1, 0.15) is 31.0 Å². The molecule has 1 aliphatic carbocycles. The van der Waals surface area contributed by atoms with Gasteiger partial charge >= 0.3 is 6.18 Å². The molecule has 2 unspecified atom stereocenters. The first-order valence-electron chi connectivity index (χ1n) is 7.60. The van der Waals surface area contributed by atoms with Crippen molar-refractivity contribution in [2.75, 3.05) is 13.2 Å². The molecule has 1 saturated carbocycles. The summed E-state index contributed by atoms with van der Waals surface area (Å²) in [4.78, 5) is 3.91. The summed E-state index contributed by atoms with van der Waals surface area (Å²) in [5, 5.41) is 8.18. The Balaban J connectivity index is 1.79. The largest absolute Gasteiger partial charge is 0.391 e. The highest BCUT2D eigenvalue weighted by Crippen LogP contribution is 2.51. The SMILES string of the molecule is FC(F)(F)C1CCC2(OCCO2)C(c2nnc3c(Cl)nccn23)C1. The average molecular weight is 363 g/mol. The Morgan fingerprint density at radius 1 is 1.25 bits per heavy atom. The predicted octanol–water partition coefficient (Wildman–Crippen LogP) is 2.97. The topological polar surface area (TPSA) is 61.5 Å². The highest BCUT2D eigenvalue weighted by molar-refractivity contribution is 6.32. The minimum absolute atomic E-state index is 0.0287. The maximum absolute atomic E-state index is 13.3. The predicted molar refractivity (Wildman–Crippen MR) is 76.6 cm³/mol. The molecule has 0 bridgehead atoms. The van der Waals surface area contributed by atoms with Gasteiger partial charge in [-0.1, -0.05) is 11.6 Å². The Morgan fingerprint density at radius 2 is 2.00 bits per heavy atom. The van der Waals surface area contributed by atoms with Crippen molar-refractivity contribution in [1.82, 2.24) is 19.6 Å². The number of ether oxygens (including phenoxy) is 2. The number of fused-ring (bicyclic) bond motifs is 1. The molecule has 24 heavy (non-hydrogen) atoms. The van der Waals surface area contributed by atoms with Gasteiger partial charge in [-0.25, -0.2) is 4.98 Å². The molecule has 1 saturated heterocycles. The van der Waals surface area contributed by atoms with Crippen molar-refractivity contribution in [3.63, 3.8) is 0 Å². The van der Waals surface area contributed by atoms with Gasteiger partial charge in [-0.2, -0.15) is 13.2 Å². The molecule has 2 atom stereocenters. The van der Waals surface area contributed by atoms with Gasteiger partial charge in [0.1, 0.15) is 5.82 Å². The number of halogens is 4. The molecule has 130 valence electrons. The molecule has 2 aromatic rings. The van der Waals surface area contributed by atoms with Crippen LogP contribution in [0.3, 0.4) is 0 Å². The van der Waals surface area contributed by atoms with E-state index in [0.717, 1.165) is 0 Å². The van der Waals surface area contributed by atoms with E-state index in [1.165, 1.54) is 6.20 Å². The number of rotatable bonds is 1. The molecule has 0 radical (unpaired) electrons. The zero-order valence-corrected chi connectivity index (χ0v) is 13.2. The van der Waals surface area contributed by atoms with Crippen LogP contribution in [0, 0.1) is 5.92 Å². The van der Waals surface area contributed by atoms with E-state index in [9.17, 15) is 13.2 Å². The summed E-state index contributed by atoms with van der Waals surface area (Å²) in [6, 6.07) is 0. The fourth-order valence-electron chi connectivity index (χ4n) is 3.60. The summed E-state index contributed by atoms with van der Waals surface area (Å²) in [6.07, 6.45) is -1.26. The molecule has 2 aliphatic rings. The van der Waals surface area contributed by atoms with E-state index in [-0.39, 0.29) is 24.4 Å².